The minimum atomic E-state index is 0.579. The van der Waals surface area contributed by atoms with Crippen molar-refractivity contribution >= 4 is 82.7 Å². The van der Waals surface area contributed by atoms with E-state index in [1.165, 1.54) is 16.2 Å². The Balaban J connectivity index is 1.07. The van der Waals surface area contributed by atoms with E-state index in [9.17, 15) is 0 Å². The summed E-state index contributed by atoms with van der Waals surface area (Å²) >= 11 is 0. The highest BCUT2D eigenvalue weighted by molar-refractivity contribution is 6.25. The van der Waals surface area contributed by atoms with E-state index in [1.807, 2.05) is 24.3 Å². The highest BCUT2D eigenvalue weighted by Crippen LogP contribution is 2.42. The highest BCUT2D eigenvalue weighted by atomic mass is 16.3. The number of hydrogen-bond donors (Lipinski definition) is 0. The van der Waals surface area contributed by atoms with Crippen molar-refractivity contribution in [2.75, 3.05) is 0 Å². The molecule has 278 valence electrons. The molecule has 0 amide bonds. The molecule has 4 heteroatoms. The fourth-order valence-electron chi connectivity index (χ4n) is 8.50. The van der Waals surface area contributed by atoms with Crippen molar-refractivity contribution in [2.45, 2.75) is 6.92 Å². The van der Waals surface area contributed by atoms with E-state index < -0.39 is 0 Å². The van der Waals surface area contributed by atoms with Gasteiger partial charge in [0.05, 0.1) is 5.70 Å². The highest BCUT2D eigenvalue weighted by Gasteiger charge is 2.19. The second-order valence-corrected chi connectivity index (χ2v) is 15.0. The first kappa shape index (κ1) is 34.4. The smallest absolute Gasteiger partial charge is 0.160 e. The Bertz CT molecular complexity index is 3510. The third-order valence-corrected chi connectivity index (χ3v) is 11.4. The normalized spacial score (nSPS) is 12.4. The van der Waals surface area contributed by atoms with Crippen LogP contribution in [0.2, 0.25) is 0 Å². The largest absolute Gasteiger partial charge is 0.456 e. The lowest BCUT2D eigenvalue weighted by atomic mass is 9.94. The maximum Gasteiger partial charge on any atom is 0.160 e. The number of aliphatic imine (C=N–C) groups is 2. The third kappa shape index (κ3) is 6.01. The van der Waals surface area contributed by atoms with E-state index in [0.29, 0.717) is 11.5 Å². The molecule has 0 spiro atoms. The lowest BCUT2D eigenvalue weighted by molar-refractivity contribution is 0.669. The first-order valence-electron chi connectivity index (χ1n) is 19.8. The van der Waals surface area contributed by atoms with Crippen LogP contribution in [0, 0.1) is 0 Å². The molecular weight excluding hydrogens is 721 g/mol. The minimum absolute atomic E-state index is 0.579. The fraction of sp³-hybridized carbons (Fsp3) is 0.0182. The lowest BCUT2D eigenvalue weighted by Crippen LogP contribution is -2.05. The molecule has 0 saturated carbocycles. The van der Waals surface area contributed by atoms with Gasteiger partial charge >= 0.3 is 0 Å². The van der Waals surface area contributed by atoms with Gasteiger partial charge in [0.15, 0.2) is 5.84 Å². The van der Waals surface area contributed by atoms with Crippen molar-refractivity contribution in [1.29, 1.82) is 0 Å². The molecule has 9 aromatic carbocycles. The maximum atomic E-state index is 6.59. The average molecular weight is 757 g/mol. The SMILES string of the molecule is C=C(N=C(N=C(C)c1cccc2oc3cccc(-c4ccc5oc6ccc7ccccc7c6c5c4)c3c12)c1ccc(-c2ccccc2)cc1)c1ccc2ccccc2c1. The maximum absolute atomic E-state index is 6.59. The van der Waals surface area contributed by atoms with Gasteiger partial charge in [-0.25, -0.2) is 9.98 Å². The van der Waals surface area contributed by atoms with E-state index in [2.05, 4.69) is 177 Å². The lowest BCUT2D eigenvalue weighted by Gasteiger charge is -2.10. The summed E-state index contributed by atoms with van der Waals surface area (Å²) in [5.74, 6) is 0.579. The zero-order chi connectivity index (χ0) is 39.5. The van der Waals surface area contributed by atoms with Crippen molar-refractivity contribution in [1.82, 2.24) is 0 Å². The molecule has 0 aliphatic heterocycles. The van der Waals surface area contributed by atoms with E-state index >= 15 is 0 Å². The summed E-state index contributed by atoms with van der Waals surface area (Å²) in [6.45, 7) is 6.50. The van der Waals surface area contributed by atoms with Crippen LogP contribution in [0.15, 0.2) is 213 Å². The molecule has 4 nitrogen and oxygen atoms in total. The quantitative estimate of drug-likeness (QED) is 0.125. The van der Waals surface area contributed by atoms with Crippen molar-refractivity contribution in [3.63, 3.8) is 0 Å². The standard InChI is InChI=1S/C55H36N2O2/c1-34(41-27-24-37-14-6-7-16-42(37)32-41)56-55(40-25-22-38(23-26-40)36-12-4-3-5-13-36)57-35(2)44-18-10-20-49-53(44)54-46(19-11-21-50(54)59-49)43-29-30-48-47(33-43)52-45-17-9-8-15-39(45)28-31-51(52)58-48/h3-33H,1H2,2H3. The summed E-state index contributed by atoms with van der Waals surface area (Å²) in [6.07, 6.45) is 0. The summed E-state index contributed by atoms with van der Waals surface area (Å²) in [6, 6.07) is 65.2. The molecule has 0 N–H and O–H groups in total. The Kier molecular flexibility index (Phi) is 8.16. The number of amidine groups is 1. The van der Waals surface area contributed by atoms with Crippen LogP contribution in [-0.2, 0) is 0 Å². The molecule has 0 fully saturated rings. The van der Waals surface area contributed by atoms with Gasteiger partial charge in [0.1, 0.15) is 22.3 Å². The monoisotopic (exact) mass is 756 g/mol. The molecule has 0 unspecified atom stereocenters. The summed E-state index contributed by atoms with van der Waals surface area (Å²) < 4.78 is 13.0. The Morgan fingerprint density at radius 2 is 1.05 bits per heavy atom. The summed E-state index contributed by atoms with van der Waals surface area (Å²) in [5, 5.41) is 8.93. The van der Waals surface area contributed by atoms with Gasteiger partial charge in [0, 0.05) is 43.9 Å². The van der Waals surface area contributed by atoms with Crippen LogP contribution >= 0.6 is 0 Å². The van der Waals surface area contributed by atoms with Gasteiger partial charge in [-0.15, -0.1) is 0 Å². The van der Waals surface area contributed by atoms with Gasteiger partial charge in [-0.05, 0) is 87.1 Å². The van der Waals surface area contributed by atoms with Crippen molar-refractivity contribution in [3.8, 4) is 22.3 Å². The van der Waals surface area contributed by atoms with Crippen LogP contribution in [0.1, 0.15) is 23.6 Å². The van der Waals surface area contributed by atoms with Gasteiger partial charge in [0.2, 0.25) is 0 Å². The zero-order valence-electron chi connectivity index (χ0n) is 32.3. The summed E-state index contributed by atoms with van der Waals surface area (Å²) in [4.78, 5) is 10.5. The van der Waals surface area contributed by atoms with Crippen LogP contribution in [0.3, 0.4) is 0 Å². The number of hydrogen-bond acceptors (Lipinski definition) is 3. The Morgan fingerprint density at radius 3 is 1.90 bits per heavy atom. The van der Waals surface area contributed by atoms with Crippen LogP contribution in [-0.4, -0.2) is 11.5 Å². The zero-order valence-corrected chi connectivity index (χ0v) is 32.3. The molecular formula is C55H36N2O2. The number of benzene rings is 9. The van der Waals surface area contributed by atoms with Crippen LogP contribution in [0.4, 0.5) is 0 Å². The van der Waals surface area contributed by atoms with Gasteiger partial charge in [-0.2, -0.15) is 0 Å². The molecule has 0 atom stereocenters. The first-order chi connectivity index (χ1) is 29.1. The number of fused-ring (bicyclic) bond motifs is 9. The predicted molar refractivity (Wildman–Crippen MR) is 248 cm³/mol. The molecule has 11 aromatic rings. The third-order valence-electron chi connectivity index (χ3n) is 11.4. The van der Waals surface area contributed by atoms with Crippen LogP contribution in [0.5, 0.6) is 0 Å². The molecule has 0 bridgehead atoms. The number of furan rings is 2. The molecule has 11 rings (SSSR count). The van der Waals surface area contributed by atoms with E-state index in [-0.39, 0.29) is 0 Å². The minimum Gasteiger partial charge on any atom is -0.456 e. The Morgan fingerprint density at radius 1 is 0.424 bits per heavy atom. The van der Waals surface area contributed by atoms with Crippen LogP contribution < -0.4 is 0 Å². The first-order valence-corrected chi connectivity index (χ1v) is 19.8. The van der Waals surface area contributed by atoms with Gasteiger partial charge < -0.3 is 8.83 Å². The summed E-state index contributed by atoms with van der Waals surface area (Å²) in [5.41, 5.74) is 12.1. The number of rotatable bonds is 6. The second kappa shape index (κ2) is 14.0. The predicted octanol–water partition coefficient (Wildman–Crippen LogP) is 15.1. The molecule has 0 radical (unpaired) electrons. The number of nitrogens with zero attached hydrogens (tertiary/aromatic N) is 2. The molecule has 0 aliphatic rings. The fourth-order valence-corrected chi connectivity index (χ4v) is 8.50. The van der Waals surface area contributed by atoms with Crippen molar-refractivity contribution in [2.24, 2.45) is 9.98 Å². The second-order valence-electron chi connectivity index (χ2n) is 15.0. The molecule has 0 saturated heterocycles. The van der Waals surface area contributed by atoms with Crippen molar-refractivity contribution in [3.05, 3.63) is 211 Å². The molecule has 2 heterocycles. The Hall–Kier alpha value is -7.82. The van der Waals surface area contributed by atoms with Crippen LogP contribution in [0.25, 0.3) is 93.4 Å². The average Bonchev–Trinajstić information content (AvgIpc) is 3.87. The Labute approximate surface area is 340 Å². The van der Waals surface area contributed by atoms with E-state index in [4.69, 9.17) is 18.8 Å². The van der Waals surface area contributed by atoms with Crippen molar-refractivity contribution < 1.29 is 8.83 Å². The van der Waals surface area contributed by atoms with Gasteiger partial charge in [-0.1, -0.05) is 158 Å². The van der Waals surface area contributed by atoms with Gasteiger partial charge in [-0.3, -0.25) is 0 Å². The van der Waals surface area contributed by atoms with Gasteiger partial charge in [0.25, 0.3) is 0 Å². The topological polar surface area (TPSA) is 51.0 Å². The van der Waals surface area contributed by atoms with E-state index in [1.54, 1.807) is 0 Å². The molecule has 2 aromatic heterocycles. The molecule has 0 aliphatic carbocycles. The van der Waals surface area contributed by atoms with E-state index in [0.717, 1.165) is 93.9 Å². The molecule has 59 heavy (non-hydrogen) atoms. The summed E-state index contributed by atoms with van der Waals surface area (Å²) in [7, 11) is 0.